The molecule has 0 aliphatic carbocycles. The molecule has 0 atom stereocenters. The summed E-state index contributed by atoms with van der Waals surface area (Å²) in [7, 11) is 0. The molecule has 2 N–H and O–H groups in total. The van der Waals surface area contributed by atoms with Crippen molar-refractivity contribution >= 4 is 34.1 Å². The Morgan fingerprint density at radius 1 is 1.18 bits per heavy atom. The summed E-state index contributed by atoms with van der Waals surface area (Å²) in [6.45, 7) is 1.93. The topological polar surface area (TPSA) is 62.0 Å². The van der Waals surface area contributed by atoms with E-state index in [-0.39, 0.29) is 11.0 Å². The highest BCUT2D eigenvalue weighted by Gasteiger charge is 2.13. The minimum Gasteiger partial charge on any atom is -0.360 e. The van der Waals surface area contributed by atoms with Crippen LogP contribution in [0.3, 0.4) is 0 Å². The summed E-state index contributed by atoms with van der Waals surface area (Å²) in [5, 5.41) is 3.57. The van der Waals surface area contributed by atoms with Crippen molar-refractivity contribution in [2.24, 2.45) is 0 Å². The number of aromatic amines is 1. The average Bonchev–Trinajstić information content (AvgIpc) is 2.48. The third-order valence-electron chi connectivity index (χ3n) is 3.36. The van der Waals surface area contributed by atoms with Crippen molar-refractivity contribution in [1.82, 2.24) is 4.98 Å². The summed E-state index contributed by atoms with van der Waals surface area (Å²) >= 11 is 5.92. The second-order valence-electron chi connectivity index (χ2n) is 5.04. The monoisotopic (exact) mass is 312 g/mol. The maximum Gasteiger partial charge on any atom is 0.261 e. The number of carbonyl (C=O) groups excluding carboxylic acids is 1. The minimum atomic E-state index is -0.450. The highest BCUT2D eigenvalue weighted by Crippen LogP contribution is 2.16. The Hall–Kier alpha value is -2.59. The number of carbonyl (C=O) groups is 1. The van der Waals surface area contributed by atoms with Crippen LogP contribution in [-0.4, -0.2) is 10.9 Å². The number of rotatable bonds is 2. The zero-order valence-electron chi connectivity index (χ0n) is 11.8. The number of nitrogens with one attached hydrogen (secondary N) is 2. The second kappa shape index (κ2) is 5.66. The number of pyridine rings is 1. The molecule has 1 amide bonds. The number of aryl methyl sites for hydroxylation is 1. The predicted molar refractivity (Wildman–Crippen MR) is 88.7 cm³/mol. The van der Waals surface area contributed by atoms with E-state index in [9.17, 15) is 9.59 Å². The Kier molecular flexibility index (Phi) is 3.69. The van der Waals surface area contributed by atoms with E-state index < -0.39 is 5.91 Å². The van der Waals surface area contributed by atoms with Gasteiger partial charge in [0.15, 0.2) is 0 Å². The quantitative estimate of drug-likeness (QED) is 0.757. The van der Waals surface area contributed by atoms with Crippen LogP contribution in [0.25, 0.3) is 10.9 Å². The zero-order chi connectivity index (χ0) is 15.7. The van der Waals surface area contributed by atoms with Crippen LogP contribution in [0.2, 0.25) is 5.02 Å². The van der Waals surface area contributed by atoms with Gasteiger partial charge in [0.05, 0.1) is 0 Å². The summed E-state index contributed by atoms with van der Waals surface area (Å²) in [6.07, 6.45) is 1.42. The van der Waals surface area contributed by atoms with Gasteiger partial charge in [0.2, 0.25) is 5.43 Å². The third-order valence-corrected chi connectivity index (χ3v) is 3.60. The number of hydrogen-bond acceptors (Lipinski definition) is 2. The van der Waals surface area contributed by atoms with Gasteiger partial charge in [0.25, 0.3) is 5.91 Å². The molecule has 110 valence electrons. The van der Waals surface area contributed by atoms with E-state index in [0.717, 1.165) is 5.56 Å². The van der Waals surface area contributed by atoms with Gasteiger partial charge < -0.3 is 10.3 Å². The first-order chi connectivity index (χ1) is 10.5. The Balaban J connectivity index is 2.01. The molecule has 0 aliphatic rings. The SMILES string of the molecule is Cc1cccc(NC(=O)c2c[nH]c3ccc(Cl)cc3c2=O)c1. The van der Waals surface area contributed by atoms with Crippen molar-refractivity contribution < 1.29 is 4.79 Å². The summed E-state index contributed by atoms with van der Waals surface area (Å²) in [4.78, 5) is 27.7. The highest BCUT2D eigenvalue weighted by atomic mass is 35.5. The summed E-state index contributed by atoms with van der Waals surface area (Å²) in [5.74, 6) is -0.450. The first kappa shape index (κ1) is 14.4. The molecule has 22 heavy (non-hydrogen) atoms. The Morgan fingerprint density at radius 3 is 2.77 bits per heavy atom. The molecule has 0 spiro atoms. The van der Waals surface area contributed by atoms with Crippen LogP contribution in [0, 0.1) is 6.92 Å². The van der Waals surface area contributed by atoms with Crippen LogP contribution in [0.15, 0.2) is 53.5 Å². The van der Waals surface area contributed by atoms with E-state index in [1.807, 2.05) is 25.1 Å². The first-order valence-corrected chi connectivity index (χ1v) is 7.11. The molecule has 0 saturated carbocycles. The third kappa shape index (κ3) is 2.73. The van der Waals surface area contributed by atoms with Gasteiger partial charge in [0, 0.05) is 27.8 Å². The summed E-state index contributed by atoms with van der Waals surface area (Å²) in [5.41, 5.74) is 2.02. The largest absolute Gasteiger partial charge is 0.360 e. The molecule has 4 nitrogen and oxygen atoms in total. The lowest BCUT2D eigenvalue weighted by Crippen LogP contribution is -2.21. The van der Waals surface area contributed by atoms with E-state index >= 15 is 0 Å². The fraction of sp³-hybridized carbons (Fsp3) is 0.0588. The number of halogens is 1. The maximum absolute atomic E-state index is 12.4. The van der Waals surface area contributed by atoms with Crippen molar-refractivity contribution in [3.05, 3.63) is 75.0 Å². The maximum atomic E-state index is 12.4. The fourth-order valence-corrected chi connectivity index (χ4v) is 2.45. The van der Waals surface area contributed by atoms with Gasteiger partial charge in [-0.3, -0.25) is 9.59 Å². The molecule has 3 aromatic rings. The van der Waals surface area contributed by atoms with E-state index in [1.165, 1.54) is 6.20 Å². The van der Waals surface area contributed by atoms with Gasteiger partial charge >= 0.3 is 0 Å². The first-order valence-electron chi connectivity index (χ1n) is 6.73. The van der Waals surface area contributed by atoms with Crippen LogP contribution >= 0.6 is 11.6 Å². The molecular formula is C17H13ClN2O2. The number of H-pyrrole nitrogens is 1. The number of benzene rings is 2. The lowest BCUT2D eigenvalue weighted by molar-refractivity contribution is 0.102. The van der Waals surface area contributed by atoms with Gasteiger partial charge in [0.1, 0.15) is 5.56 Å². The molecule has 0 unspecified atom stereocenters. The molecule has 1 heterocycles. The molecule has 0 aliphatic heterocycles. The lowest BCUT2D eigenvalue weighted by Gasteiger charge is -2.07. The Labute approximate surface area is 131 Å². The van der Waals surface area contributed by atoms with Crippen LogP contribution in [0.4, 0.5) is 5.69 Å². The zero-order valence-corrected chi connectivity index (χ0v) is 12.6. The van der Waals surface area contributed by atoms with E-state index in [0.29, 0.717) is 21.6 Å². The molecule has 3 rings (SSSR count). The molecule has 5 heteroatoms. The standard InChI is InChI=1S/C17H13ClN2O2/c1-10-3-2-4-12(7-10)20-17(22)14-9-19-15-6-5-11(18)8-13(15)16(14)21/h2-9H,1H3,(H,19,21)(H,20,22). The Morgan fingerprint density at radius 2 is 2.00 bits per heavy atom. The van der Waals surface area contributed by atoms with Crippen LogP contribution < -0.4 is 10.7 Å². The number of fused-ring (bicyclic) bond motifs is 1. The highest BCUT2D eigenvalue weighted by molar-refractivity contribution is 6.31. The predicted octanol–water partition coefficient (Wildman–Crippen LogP) is 3.74. The molecule has 2 aromatic carbocycles. The molecule has 0 radical (unpaired) electrons. The van der Waals surface area contributed by atoms with Gasteiger partial charge in [-0.2, -0.15) is 0 Å². The van der Waals surface area contributed by atoms with Crippen molar-refractivity contribution in [1.29, 1.82) is 0 Å². The van der Waals surface area contributed by atoms with Crippen LogP contribution in [0.1, 0.15) is 15.9 Å². The lowest BCUT2D eigenvalue weighted by atomic mass is 10.1. The molecule has 0 saturated heterocycles. The Bertz CT molecular complexity index is 931. The van der Waals surface area contributed by atoms with Crippen LogP contribution in [0.5, 0.6) is 0 Å². The number of hydrogen-bond donors (Lipinski definition) is 2. The minimum absolute atomic E-state index is 0.0521. The van der Waals surface area contributed by atoms with Crippen molar-refractivity contribution in [2.75, 3.05) is 5.32 Å². The average molecular weight is 313 g/mol. The van der Waals surface area contributed by atoms with E-state index in [1.54, 1.807) is 24.3 Å². The smallest absolute Gasteiger partial charge is 0.261 e. The summed E-state index contributed by atoms with van der Waals surface area (Å²) < 4.78 is 0. The van der Waals surface area contributed by atoms with Gasteiger partial charge in [-0.25, -0.2) is 0 Å². The van der Waals surface area contributed by atoms with Gasteiger partial charge in [-0.1, -0.05) is 23.7 Å². The molecule has 1 aromatic heterocycles. The fourth-order valence-electron chi connectivity index (χ4n) is 2.28. The van der Waals surface area contributed by atoms with Crippen molar-refractivity contribution in [2.45, 2.75) is 6.92 Å². The molecule has 0 bridgehead atoms. The molecule has 0 fully saturated rings. The number of amides is 1. The van der Waals surface area contributed by atoms with Gasteiger partial charge in [-0.15, -0.1) is 0 Å². The summed E-state index contributed by atoms with van der Waals surface area (Å²) in [6, 6.07) is 12.3. The number of aromatic nitrogens is 1. The number of anilines is 1. The van der Waals surface area contributed by atoms with E-state index in [2.05, 4.69) is 10.3 Å². The second-order valence-corrected chi connectivity index (χ2v) is 5.48. The normalized spacial score (nSPS) is 10.6. The van der Waals surface area contributed by atoms with Crippen molar-refractivity contribution in [3.8, 4) is 0 Å². The van der Waals surface area contributed by atoms with E-state index in [4.69, 9.17) is 11.6 Å². The van der Waals surface area contributed by atoms with Gasteiger partial charge in [-0.05, 0) is 42.8 Å². The molecular weight excluding hydrogens is 300 g/mol. The van der Waals surface area contributed by atoms with Crippen LogP contribution in [-0.2, 0) is 0 Å². The van der Waals surface area contributed by atoms with Crippen molar-refractivity contribution in [3.63, 3.8) is 0 Å².